The summed E-state index contributed by atoms with van der Waals surface area (Å²) in [5.41, 5.74) is 2.39. The van der Waals surface area contributed by atoms with Gasteiger partial charge in [0.15, 0.2) is 0 Å². The first-order valence-electron chi connectivity index (χ1n) is 11.2. The van der Waals surface area contributed by atoms with Crippen molar-refractivity contribution in [3.63, 3.8) is 0 Å². The lowest BCUT2D eigenvalue weighted by Crippen LogP contribution is -2.24. The van der Waals surface area contributed by atoms with Crippen molar-refractivity contribution in [2.45, 2.75) is 33.0 Å². The Morgan fingerprint density at radius 1 is 1.03 bits per heavy atom. The molecule has 2 aromatic heterocycles. The zero-order valence-electron chi connectivity index (χ0n) is 19.4. The topological polar surface area (TPSA) is 43.1 Å². The number of aryl methyl sites for hydroxylation is 1. The van der Waals surface area contributed by atoms with E-state index < -0.39 is 11.7 Å². The van der Waals surface area contributed by atoms with Gasteiger partial charge in [0.1, 0.15) is 0 Å². The molecule has 0 saturated heterocycles. The summed E-state index contributed by atoms with van der Waals surface area (Å²) in [6, 6.07) is 12.5. The van der Waals surface area contributed by atoms with Crippen LogP contribution in [0.2, 0.25) is 0 Å². The van der Waals surface area contributed by atoms with Crippen LogP contribution in [0.4, 0.5) is 13.2 Å². The summed E-state index contributed by atoms with van der Waals surface area (Å²) in [6.45, 7) is 6.48. The van der Waals surface area contributed by atoms with Crippen LogP contribution in [-0.2, 0) is 12.7 Å². The van der Waals surface area contributed by atoms with Gasteiger partial charge >= 0.3 is 6.18 Å². The number of benzene rings is 2. The molecule has 2 aromatic carbocycles. The molecule has 0 unspecified atom stereocenters. The zero-order chi connectivity index (χ0) is 24.5. The average Bonchev–Trinajstić information content (AvgIpc) is 3.19. The number of rotatable bonds is 7. The fourth-order valence-electron chi connectivity index (χ4n) is 4.19. The third kappa shape index (κ3) is 4.92. The Labute approximate surface area is 196 Å². The van der Waals surface area contributed by atoms with Crippen LogP contribution in [0.3, 0.4) is 0 Å². The molecule has 0 bridgehead atoms. The molecule has 4 aromatic rings. The molecule has 0 aliphatic heterocycles. The Morgan fingerprint density at radius 3 is 2.50 bits per heavy atom. The van der Waals surface area contributed by atoms with Crippen LogP contribution >= 0.6 is 0 Å². The van der Waals surface area contributed by atoms with Gasteiger partial charge in [-0.05, 0) is 80.0 Å². The van der Waals surface area contributed by atoms with E-state index in [0.717, 1.165) is 49.1 Å². The first-order chi connectivity index (χ1) is 16.2. The highest BCUT2D eigenvalue weighted by Crippen LogP contribution is 2.33. The number of aromatic nitrogens is 3. The number of nitrogens with zero attached hydrogens (tertiary/aromatic N) is 4. The number of hydrogen-bond acceptors (Lipinski definition) is 3. The minimum atomic E-state index is -4.40. The Balaban J connectivity index is 1.60. The highest BCUT2D eigenvalue weighted by molar-refractivity contribution is 5.81. The fraction of sp³-hybridized carbons (Fsp3) is 0.308. The summed E-state index contributed by atoms with van der Waals surface area (Å²) in [6.07, 6.45) is 0.153. The molecule has 0 saturated carbocycles. The Bertz CT molecular complexity index is 1370. The van der Waals surface area contributed by atoms with Crippen LogP contribution < -0.4 is 5.56 Å². The summed E-state index contributed by atoms with van der Waals surface area (Å²) < 4.78 is 42.4. The van der Waals surface area contributed by atoms with E-state index in [9.17, 15) is 18.0 Å². The Morgan fingerprint density at radius 2 is 1.82 bits per heavy atom. The monoisotopic (exact) mass is 468 g/mol. The summed E-state index contributed by atoms with van der Waals surface area (Å²) in [4.78, 5) is 15.2. The lowest BCUT2D eigenvalue weighted by atomic mass is 9.99. The van der Waals surface area contributed by atoms with Gasteiger partial charge in [0.25, 0.3) is 5.56 Å². The van der Waals surface area contributed by atoms with Crippen LogP contribution in [-0.4, -0.2) is 39.4 Å². The van der Waals surface area contributed by atoms with Crippen molar-refractivity contribution in [1.29, 1.82) is 0 Å². The van der Waals surface area contributed by atoms with Crippen LogP contribution in [0.5, 0.6) is 0 Å². The van der Waals surface area contributed by atoms with E-state index in [1.54, 1.807) is 25.4 Å². The van der Waals surface area contributed by atoms with Crippen LogP contribution in [0, 0.1) is 6.92 Å². The molecule has 0 atom stereocenters. The maximum atomic E-state index is 13.0. The molecular weight excluding hydrogens is 441 g/mol. The maximum absolute atomic E-state index is 13.0. The van der Waals surface area contributed by atoms with Gasteiger partial charge < -0.3 is 4.90 Å². The molecule has 0 N–H and O–H groups in total. The van der Waals surface area contributed by atoms with Crippen molar-refractivity contribution < 1.29 is 13.2 Å². The average molecular weight is 469 g/mol. The molecular formula is C26H27F3N4O. The van der Waals surface area contributed by atoms with Crippen molar-refractivity contribution in [1.82, 2.24) is 19.2 Å². The second kappa shape index (κ2) is 9.46. The van der Waals surface area contributed by atoms with Crippen molar-refractivity contribution >= 4 is 10.9 Å². The third-order valence-electron chi connectivity index (χ3n) is 5.99. The van der Waals surface area contributed by atoms with E-state index in [1.807, 2.05) is 22.9 Å². The number of hydrogen-bond donors (Lipinski definition) is 0. The maximum Gasteiger partial charge on any atom is 0.416 e. The van der Waals surface area contributed by atoms with Gasteiger partial charge in [-0.2, -0.15) is 18.3 Å². The molecule has 4 rings (SSSR count). The smallest absolute Gasteiger partial charge is 0.305 e. The highest BCUT2D eigenvalue weighted by atomic mass is 19.4. The molecule has 5 nitrogen and oxygen atoms in total. The lowest BCUT2D eigenvalue weighted by Gasteiger charge is -2.15. The lowest BCUT2D eigenvalue weighted by molar-refractivity contribution is -0.137. The number of alkyl halides is 3. The standard InChI is InChI=1S/C26H27F3N4O/c1-4-10-31(3)12-13-33-24-8-6-22(15-20(24)17-30-33)32-11-9-19(16-25(32)34)23-7-5-21(14-18(23)2)26(27,28)29/h5-9,11,14-17H,4,10,12-13H2,1-3H3. The van der Waals surface area contributed by atoms with Crippen molar-refractivity contribution in [3.05, 3.63) is 82.4 Å². The summed E-state index contributed by atoms with van der Waals surface area (Å²) >= 11 is 0. The summed E-state index contributed by atoms with van der Waals surface area (Å²) in [5.74, 6) is 0. The molecule has 0 spiro atoms. The number of fused-ring (bicyclic) bond motifs is 1. The van der Waals surface area contributed by atoms with Crippen molar-refractivity contribution in [3.8, 4) is 16.8 Å². The zero-order valence-corrected chi connectivity index (χ0v) is 19.4. The van der Waals surface area contributed by atoms with Gasteiger partial charge in [0.05, 0.1) is 23.8 Å². The number of pyridine rings is 1. The van der Waals surface area contributed by atoms with E-state index in [1.165, 1.54) is 16.7 Å². The number of likely N-dealkylation sites (N-methyl/N-ethyl adjacent to an activating group) is 1. The van der Waals surface area contributed by atoms with Gasteiger partial charge in [-0.1, -0.05) is 13.0 Å². The first-order valence-corrected chi connectivity index (χ1v) is 11.2. The van der Waals surface area contributed by atoms with Crippen molar-refractivity contribution in [2.24, 2.45) is 0 Å². The van der Waals surface area contributed by atoms with Gasteiger partial charge in [-0.3, -0.25) is 14.0 Å². The molecule has 8 heteroatoms. The van der Waals surface area contributed by atoms with Gasteiger partial charge in [0.2, 0.25) is 0 Å². The first kappa shape index (κ1) is 23.8. The second-order valence-electron chi connectivity index (χ2n) is 8.57. The Hall–Kier alpha value is -3.39. The predicted molar refractivity (Wildman–Crippen MR) is 128 cm³/mol. The van der Waals surface area contributed by atoms with Gasteiger partial charge in [-0.15, -0.1) is 0 Å². The quantitative estimate of drug-likeness (QED) is 0.359. The minimum absolute atomic E-state index is 0.260. The molecule has 0 amide bonds. The van der Waals surface area contributed by atoms with E-state index in [-0.39, 0.29) is 5.56 Å². The van der Waals surface area contributed by atoms with Crippen LogP contribution in [0.15, 0.2) is 65.7 Å². The summed E-state index contributed by atoms with van der Waals surface area (Å²) in [5, 5.41) is 5.43. The van der Waals surface area contributed by atoms with E-state index in [0.29, 0.717) is 22.4 Å². The Kier molecular flexibility index (Phi) is 6.61. The molecule has 0 fully saturated rings. The minimum Gasteiger partial charge on any atom is -0.305 e. The fourth-order valence-corrected chi connectivity index (χ4v) is 4.19. The molecule has 34 heavy (non-hydrogen) atoms. The number of halogens is 3. The largest absolute Gasteiger partial charge is 0.416 e. The SMILES string of the molecule is CCCN(C)CCn1ncc2cc(-n3ccc(-c4ccc(C(F)(F)F)cc4C)cc3=O)ccc21. The van der Waals surface area contributed by atoms with Crippen LogP contribution in [0.1, 0.15) is 24.5 Å². The van der Waals surface area contributed by atoms with E-state index >= 15 is 0 Å². The van der Waals surface area contributed by atoms with Crippen LogP contribution in [0.25, 0.3) is 27.7 Å². The van der Waals surface area contributed by atoms with E-state index in [4.69, 9.17) is 0 Å². The van der Waals surface area contributed by atoms with E-state index in [2.05, 4.69) is 24.0 Å². The van der Waals surface area contributed by atoms with Gasteiger partial charge in [-0.25, -0.2) is 0 Å². The molecule has 0 radical (unpaired) electrons. The second-order valence-corrected chi connectivity index (χ2v) is 8.57. The molecule has 2 heterocycles. The highest BCUT2D eigenvalue weighted by Gasteiger charge is 2.30. The van der Waals surface area contributed by atoms with Crippen molar-refractivity contribution in [2.75, 3.05) is 20.1 Å². The third-order valence-corrected chi connectivity index (χ3v) is 5.99. The molecule has 0 aliphatic carbocycles. The molecule has 178 valence electrons. The van der Waals surface area contributed by atoms with Gasteiger partial charge in [0, 0.05) is 29.9 Å². The summed E-state index contributed by atoms with van der Waals surface area (Å²) in [7, 11) is 2.09. The predicted octanol–water partition coefficient (Wildman–Crippen LogP) is 5.52. The normalized spacial score (nSPS) is 12.1. The molecule has 0 aliphatic rings.